The van der Waals surface area contributed by atoms with Gasteiger partial charge in [-0.25, -0.2) is 0 Å². The van der Waals surface area contributed by atoms with Crippen molar-refractivity contribution < 1.29 is 4.74 Å². The van der Waals surface area contributed by atoms with Crippen LogP contribution >= 0.6 is 22.6 Å². The van der Waals surface area contributed by atoms with Crippen molar-refractivity contribution in [2.75, 3.05) is 13.7 Å². The van der Waals surface area contributed by atoms with E-state index in [4.69, 9.17) is 4.74 Å². The van der Waals surface area contributed by atoms with Gasteiger partial charge in [-0.05, 0) is 70.5 Å². The van der Waals surface area contributed by atoms with Gasteiger partial charge in [0.2, 0.25) is 0 Å². The fourth-order valence-electron chi connectivity index (χ4n) is 3.30. The molecular formula is C18H17IN2O. The summed E-state index contributed by atoms with van der Waals surface area (Å²) in [6.45, 7) is 0.993. The van der Waals surface area contributed by atoms with Gasteiger partial charge in [-0.1, -0.05) is 12.1 Å². The molecule has 3 nitrogen and oxygen atoms in total. The van der Waals surface area contributed by atoms with Crippen LogP contribution in [0, 0.1) is 3.57 Å². The zero-order chi connectivity index (χ0) is 15.1. The molecule has 0 saturated carbocycles. The molecule has 3 aromatic rings. The summed E-state index contributed by atoms with van der Waals surface area (Å²) in [7, 11) is 1.72. The van der Waals surface area contributed by atoms with Gasteiger partial charge < -0.3 is 15.0 Å². The van der Waals surface area contributed by atoms with Crippen molar-refractivity contribution in [3.63, 3.8) is 0 Å². The number of halogens is 1. The maximum atomic E-state index is 5.38. The van der Waals surface area contributed by atoms with Crippen LogP contribution in [0.5, 0.6) is 5.75 Å². The second-order valence-electron chi connectivity index (χ2n) is 5.62. The molecule has 1 aliphatic heterocycles. The normalized spacial score (nSPS) is 17.5. The topological polar surface area (TPSA) is 37.0 Å². The minimum atomic E-state index is 0.233. The average Bonchev–Trinajstić information content (AvgIpc) is 2.92. The lowest BCUT2D eigenvalue weighted by atomic mass is 9.94. The van der Waals surface area contributed by atoms with E-state index in [2.05, 4.69) is 69.3 Å². The lowest BCUT2D eigenvalue weighted by Crippen LogP contribution is -2.30. The number of benzene rings is 2. The largest absolute Gasteiger partial charge is 0.497 e. The van der Waals surface area contributed by atoms with Crippen LogP contribution in [0.25, 0.3) is 10.9 Å². The van der Waals surface area contributed by atoms with Crippen LogP contribution in [0.2, 0.25) is 0 Å². The summed E-state index contributed by atoms with van der Waals surface area (Å²) >= 11 is 2.37. The van der Waals surface area contributed by atoms with Crippen molar-refractivity contribution in [1.82, 2.24) is 10.3 Å². The lowest BCUT2D eigenvalue weighted by Gasteiger charge is -2.25. The van der Waals surface area contributed by atoms with Gasteiger partial charge in [-0.15, -0.1) is 0 Å². The Labute approximate surface area is 143 Å². The number of methoxy groups -OCH3 is 1. The molecule has 1 aromatic heterocycles. The summed E-state index contributed by atoms with van der Waals surface area (Å²) in [6.07, 6.45) is 1.04. The Morgan fingerprint density at radius 2 is 2.09 bits per heavy atom. The maximum absolute atomic E-state index is 5.38. The molecule has 0 radical (unpaired) electrons. The van der Waals surface area contributed by atoms with Crippen LogP contribution in [0.4, 0.5) is 0 Å². The maximum Gasteiger partial charge on any atom is 0.119 e. The van der Waals surface area contributed by atoms with Crippen LogP contribution < -0.4 is 10.1 Å². The minimum absolute atomic E-state index is 0.233. The molecule has 112 valence electrons. The summed E-state index contributed by atoms with van der Waals surface area (Å²) in [5.74, 6) is 0.915. The number of fused-ring (bicyclic) bond motifs is 3. The predicted octanol–water partition coefficient (Wildman–Crippen LogP) is 4.02. The Kier molecular flexibility index (Phi) is 3.58. The molecule has 0 aliphatic carbocycles. The molecule has 0 spiro atoms. The van der Waals surface area contributed by atoms with Crippen molar-refractivity contribution in [1.29, 1.82) is 0 Å². The fraction of sp³-hybridized carbons (Fsp3) is 0.222. The van der Waals surface area contributed by atoms with E-state index in [0.29, 0.717) is 0 Å². The molecule has 1 aliphatic rings. The first kappa shape index (κ1) is 14.1. The molecule has 2 N–H and O–H groups in total. The summed E-state index contributed by atoms with van der Waals surface area (Å²) in [4.78, 5) is 3.61. The number of H-pyrrole nitrogens is 1. The van der Waals surface area contributed by atoms with E-state index in [1.54, 1.807) is 7.11 Å². The molecule has 0 bridgehead atoms. The first-order valence-corrected chi connectivity index (χ1v) is 8.51. The third-order valence-corrected chi connectivity index (χ3v) is 5.01. The van der Waals surface area contributed by atoms with Crippen molar-refractivity contribution in [2.45, 2.75) is 12.5 Å². The quantitative estimate of drug-likeness (QED) is 0.634. The Morgan fingerprint density at radius 3 is 2.91 bits per heavy atom. The second kappa shape index (κ2) is 5.59. The summed E-state index contributed by atoms with van der Waals surface area (Å²) in [5, 5.41) is 4.93. The number of aromatic amines is 1. The van der Waals surface area contributed by atoms with E-state index in [9.17, 15) is 0 Å². The molecular weight excluding hydrogens is 387 g/mol. The van der Waals surface area contributed by atoms with E-state index in [-0.39, 0.29) is 6.04 Å². The SMILES string of the molecule is COc1ccc2[nH]c3c(c2c1)CCNC3c1cccc(I)c1. The van der Waals surface area contributed by atoms with Crippen molar-refractivity contribution >= 4 is 33.5 Å². The molecule has 2 heterocycles. The van der Waals surface area contributed by atoms with Crippen molar-refractivity contribution in [3.05, 3.63) is 62.9 Å². The van der Waals surface area contributed by atoms with E-state index in [1.165, 1.54) is 31.3 Å². The van der Waals surface area contributed by atoms with Gasteiger partial charge in [-0.3, -0.25) is 0 Å². The van der Waals surface area contributed by atoms with Gasteiger partial charge in [-0.2, -0.15) is 0 Å². The number of ether oxygens (including phenoxy) is 1. The second-order valence-corrected chi connectivity index (χ2v) is 6.87. The third-order valence-electron chi connectivity index (χ3n) is 4.34. The van der Waals surface area contributed by atoms with Gasteiger partial charge in [0.05, 0.1) is 13.2 Å². The van der Waals surface area contributed by atoms with Gasteiger partial charge >= 0.3 is 0 Å². The highest BCUT2D eigenvalue weighted by Gasteiger charge is 2.25. The number of nitrogens with one attached hydrogen (secondary N) is 2. The Hall–Kier alpha value is -1.53. The molecule has 22 heavy (non-hydrogen) atoms. The van der Waals surface area contributed by atoms with E-state index in [0.717, 1.165) is 18.7 Å². The molecule has 1 atom stereocenters. The van der Waals surface area contributed by atoms with E-state index < -0.39 is 0 Å². The minimum Gasteiger partial charge on any atom is -0.497 e. The summed E-state index contributed by atoms with van der Waals surface area (Å²) < 4.78 is 6.64. The Morgan fingerprint density at radius 1 is 1.18 bits per heavy atom. The van der Waals surface area contributed by atoms with Crippen molar-refractivity contribution in [2.24, 2.45) is 0 Å². The lowest BCUT2D eigenvalue weighted by molar-refractivity contribution is 0.415. The molecule has 0 amide bonds. The summed E-state index contributed by atoms with van der Waals surface area (Å²) in [6, 6.07) is 15.2. The highest BCUT2D eigenvalue weighted by atomic mass is 127. The number of aromatic nitrogens is 1. The van der Waals surface area contributed by atoms with Crippen LogP contribution in [0.15, 0.2) is 42.5 Å². The zero-order valence-corrected chi connectivity index (χ0v) is 14.5. The van der Waals surface area contributed by atoms with Crippen LogP contribution in [0.1, 0.15) is 22.9 Å². The highest BCUT2D eigenvalue weighted by Crippen LogP contribution is 2.35. The zero-order valence-electron chi connectivity index (χ0n) is 12.3. The average molecular weight is 404 g/mol. The first-order chi connectivity index (χ1) is 10.8. The molecule has 4 rings (SSSR count). The molecule has 0 fully saturated rings. The first-order valence-electron chi connectivity index (χ1n) is 7.43. The van der Waals surface area contributed by atoms with Gasteiger partial charge in [0, 0.05) is 26.7 Å². The van der Waals surface area contributed by atoms with E-state index >= 15 is 0 Å². The predicted molar refractivity (Wildman–Crippen MR) is 97.6 cm³/mol. The van der Waals surface area contributed by atoms with Crippen molar-refractivity contribution in [3.8, 4) is 5.75 Å². The highest BCUT2D eigenvalue weighted by molar-refractivity contribution is 14.1. The standard InChI is InChI=1S/C18H17IN2O/c1-22-13-5-6-16-15(10-13)14-7-8-20-17(18(14)21-16)11-3-2-4-12(19)9-11/h2-6,9-10,17,20-21H,7-8H2,1H3. The Balaban J connectivity index is 1.87. The number of hydrogen-bond acceptors (Lipinski definition) is 2. The summed E-state index contributed by atoms with van der Waals surface area (Å²) in [5.41, 5.74) is 5.20. The van der Waals surface area contributed by atoms with Crippen LogP contribution in [-0.2, 0) is 6.42 Å². The monoisotopic (exact) mass is 404 g/mol. The number of rotatable bonds is 2. The molecule has 4 heteroatoms. The molecule has 2 aromatic carbocycles. The van der Waals surface area contributed by atoms with Gasteiger partial charge in [0.15, 0.2) is 0 Å². The van der Waals surface area contributed by atoms with Gasteiger partial charge in [0.25, 0.3) is 0 Å². The van der Waals surface area contributed by atoms with E-state index in [1.807, 2.05) is 6.07 Å². The molecule has 1 unspecified atom stereocenters. The third kappa shape index (κ3) is 2.30. The van der Waals surface area contributed by atoms with Crippen LogP contribution in [0.3, 0.4) is 0 Å². The fourth-order valence-corrected chi connectivity index (χ4v) is 3.87. The number of hydrogen-bond donors (Lipinski definition) is 2. The smallest absolute Gasteiger partial charge is 0.119 e. The Bertz CT molecular complexity index is 840. The molecule has 0 saturated heterocycles. The van der Waals surface area contributed by atoms with Crippen LogP contribution in [-0.4, -0.2) is 18.6 Å². The van der Waals surface area contributed by atoms with Gasteiger partial charge in [0.1, 0.15) is 5.75 Å².